The van der Waals surface area contributed by atoms with Crippen LogP contribution in [0.25, 0.3) is 0 Å². The fraction of sp³-hybridized carbons (Fsp3) is 0.438. The smallest absolute Gasteiger partial charge is 0.258 e. The van der Waals surface area contributed by atoms with Crippen molar-refractivity contribution < 1.29 is 18.6 Å². The van der Waals surface area contributed by atoms with E-state index >= 15 is 4.57 Å². The second-order valence-electron chi connectivity index (χ2n) is 11.5. The van der Waals surface area contributed by atoms with E-state index in [4.69, 9.17) is 14.0 Å². The molecule has 1 fully saturated rings. The highest BCUT2D eigenvalue weighted by Gasteiger charge is 2.44. The van der Waals surface area contributed by atoms with Crippen LogP contribution in [0.3, 0.4) is 0 Å². The summed E-state index contributed by atoms with van der Waals surface area (Å²) in [4.78, 5) is 2.05. The summed E-state index contributed by atoms with van der Waals surface area (Å²) in [5.74, 6) is 2.06. The van der Waals surface area contributed by atoms with Crippen molar-refractivity contribution in [1.29, 1.82) is 0 Å². The van der Waals surface area contributed by atoms with E-state index in [2.05, 4.69) is 26.1 Å². The minimum absolute atomic E-state index is 0.0952. The number of rotatable bonds is 9. The molecule has 208 valence electrons. The number of nitrogens with one attached hydrogen (secondary N) is 1. The molecule has 0 amide bonds. The van der Waals surface area contributed by atoms with Crippen LogP contribution >= 0.6 is 7.37 Å². The Bertz CT molecular complexity index is 1300. The Morgan fingerprint density at radius 2 is 1.67 bits per heavy atom. The van der Waals surface area contributed by atoms with Crippen molar-refractivity contribution in [3.8, 4) is 11.5 Å². The van der Waals surface area contributed by atoms with Gasteiger partial charge in [-0.1, -0.05) is 51.5 Å². The summed E-state index contributed by atoms with van der Waals surface area (Å²) in [6, 6.07) is 23.7. The molecule has 2 aliphatic rings. The zero-order valence-electron chi connectivity index (χ0n) is 23.7. The summed E-state index contributed by atoms with van der Waals surface area (Å²) in [6.07, 6.45) is 3.08. The van der Waals surface area contributed by atoms with Crippen molar-refractivity contribution >= 4 is 24.0 Å². The Kier molecular flexibility index (Phi) is 8.25. The lowest BCUT2D eigenvalue weighted by Gasteiger charge is -2.41. The van der Waals surface area contributed by atoms with Crippen molar-refractivity contribution in [3.63, 3.8) is 0 Å². The third-order valence-electron chi connectivity index (χ3n) is 8.11. The van der Waals surface area contributed by atoms with Gasteiger partial charge in [-0.05, 0) is 84.7 Å². The Morgan fingerprint density at radius 1 is 0.949 bits per heavy atom. The van der Waals surface area contributed by atoms with E-state index < -0.39 is 13.2 Å². The quantitative estimate of drug-likeness (QED) is 0.277. The fourth-order valence-electron chi connectivity index (χ4n) is 5.81. The van der Waals surface area contributed by atoms with E-state index in [0.29, 0.717) is 34.6 Å². The molecule has 0 aromatic heterocycles. The number of anilines is 2. The molecule has 1 aliphatic heterocycles. The van der Waals surface area contributed by atoms with Gasteiger partial charge in [0.05, 0.1) is 6.10 Å². The van der Waals surface area contributed by atoms with Gasteiger partial charge in [-0.15, -0.1) is 0 Å². The first-order valence-electron chi connectivity index (χ1n) is 14.0. The average molecular weight is 549 g/mol. The highest BCUT2D eigenvalue weighted by molar-refractivity contribution is 7.67. The molecule has 0 unspecified atom stereocenters. The second-order valence-corrected chi connectivity index (χ2v) is 13.9. The lowest BCUT2D eigenvalue weighted by atomic mass is 9.75. The second kappa shape index (κ2) is 11.7. The predicted molar refractivity (Wildman–Crippen MR) is 160 cm³/mol. The van der Waals surface area contributed by atoms with Gasteiger partial charge >= 0.3 is 0 Å². The van der Waals surface area contributed by atoms with E-state index in [1.807, 2.05) is 91.8 Å². The highest BCUT2D eigenvalue weighted by Crippen LogP contribution is 2.62. The highest BCUT2D eigenvalue weighted by atomic mass is 31.2. The lowest BCUT2D eigenvalue weighted by Crippen LogP contribution is -2.35. The minimum Gasteiger partial charge on any atom is -0.454 e. The number of para-hydroxylation sites is 1. The maximum atomic E-state index is 15.7. The number of benzene rings is 3. The summed E-state index contributed by atoms with van der Waals surface area (Å²) < 4.78 is 34.0. The average Bonchev–Trinajstić information content (AvgIpc) is 3.40. The first-order chi connectivity index (χ1) is 18.7. The van der Waals surface area contributed by atoms with E-state index in [-0.39, 0.29) is 12.9 Å². The molecule has 0 spiro atoms. The number of nitrogens with zero attached hydrogens (tertiary/aromatic N) is 1. The summed E-state index contributed by atoms with van der Waals surface area (Å²) in [5.41, 5.74) is 2.77. The number of hydrogen-bond donors (Lipinski definition) is 1. The third kappa shape index (κ3) is 5.97. The monoisotopic (exact) mass is 548 g/mol. The maximum Gasteiger partial charge on any atom is 0.258 e. The van der Waals surface area contributed by atoms with E-state index in [9.17, 15) is 0 Å². The van der Waals surface area contributed by atoms with Crippen LogP contribution in [-0.4, -0.2) is 27.0 Å². The van der Waals surface area contributed by atoms with Gasteiger partial charge < -0.3 is 24.2 Å². The van der Waals surface area contributed by atoms with Crippen LogP contribution < -0.4 is 25.0 Å². The zero-order chi connectivity index (χ0) is 27.6. The molecular weight excluding hydrogens is 507 g/mol. The molecular formula is C32H41N2O4P. The molecule has 5 rings (SSSR count). The van der Waals surface area contributed by atoms with E-state index in [0.717, 1.165) is 29.8 Å². The van der Waals surface area contributed by atoms with Crippen LogP contribution in [0.2, 0.25) is 0 Å². The first kappa shape index (κ1) is 27.6. The predicted octanol–water partition coefficient (Wildman–Crippen LogP) is 7.67. The fourth-order valence-corrected chi connectivity index (χ4v) is 8.43. The summed E-state index contributed by atoms with van der Waals surface area (Å²) in [6.45, 7) is 6.98. The van der Waals surface area contributed by atoms with Gasteiger partial charge in [0.1, 0.15) is 5.78 Å². The molecule has 3 aromatic rings. The van der Waals surface area contributed by atoms with Gasteiger partial charge in [0.15, 0.2) is 11.5 Å². The Labute approximate surface area is 233 Å². The Balaban J connectivity index is 1.64. The van der Waals surface area contributed by atoms with Crippen LogP contribution in [0, 0.1) is 17.8 Å². The molecule has 6 nitrogen and oxygen atoms in total. The number of hydrogen-bond acceptors (Lipinski definition) is 6. The van der Waals surface area contributed by atoms with Crippen molar-refractivity contribution in [3.05, 3.63) is 78.4 Å². The number of ether oxygens (including phenoxy) is 2. The van der Waals surface area contributed by atoms with Crippen molar-refractivity contribution in [2.75, 3.05) is 31.1 Å². The standard InChI is InChI=1S/C32H41N2O4P/c1-22(2)28-17-11-23(3)19-30(28)38-39(35,27-15-13-26(14-16-27)34(4)5)32(33-25-9-7-6-8-10-25)24-12-18-29-31(20-24)37-21-36-29/h6-10,12-16,18,20,22-23,28,30,32-33H,11,17,19,21H2,1-5H3/t23-,28+,30-,32+,39-/m1/s1. The van der Waals surface area contributed by atoms with Crippen LogP contribution in [0.4, 0.5) is 11.4 Å². The van der Waals surface area contributed by atoms with Crippen molar-refractivity contribution in [2.24, 2.45) is 17.8 Å². The van der Waals surface area contributed by atoms with Crippen LogP contribution in [-0.2, 0) is 9.09 Å². The molecule has 5 atom stereocenters. The molecule has 3 aromatic carbocycles. The van der Waals surface area contributed by atoms with Gasteiger partial charge in [-0.2, -0.15) is 0 Å². The molecule has 1 aliphatic carbocycles. The van der Waals surface area contributed by atoms with Gasteiger partial charge in [0.2, 0.25) is 6.79 Å². The van der Waals surface area contributed by atoms with Crippen molar-refractivity contribution in [2.45, 2.75) is 51.9 Å². The maximum absolute atomic E-state index is 15.7. The lowest BCUT2D eigenvalue weighted by molar-refractivity contribution is 0.0489. The molecule has 0 radical (unpaired) electrons. The summed E-state index contributed by atoms with van der Waals surface area (Å²) >= 11 is 0. The first-order valence-corrected chi connectivity index (χ1v) is 15.7. The molecule has 0 saturated heterocycles. The summed E-state index contributed by atoms with van der Waals surface area (Å²) in [7, 11) is 0.474. The number of fused-ring (bicyclic) bond motifs is 1. The van der Waals surface area contributed by atoms with Gasteiger partial charge in [-0.3, -0.25) is 4.57 Å². The molecule has 1 saturated carbocycles. The minimum atomic E-state index is -3.54. The van der Waals surface area contributed by atoms with Crippen LogP contribution in [0.5, 0.6) is 11.5 Å². The largest absolute Gasteiger partial charge is 0.454 e. The van der Waals surface area contributed by atoms with Gasteiger partial charge in [-0.25, -0.2) is 0 Å². The molecule has 7 heteroatoms. The topological polar surface area (TPSA) is 60.0 Å². The zero-order valence-corrected chi connectivity index (χ0v) is 24.6. The van der Waals surface area contributed by atoms with Crippen LogP contribution in [0.1, 0.15) is 51.4 Å². The Morgan fingerprint density at radius 3 is 2.36 bits per heavy atom. The molecule has 39 heavy (non-hydrogen) atoms. The van der Waals surface area contributed by atoms with E-state index in [1.54, 1.807) is 0 Å². The van der Waals surface area contributed by atoms with Gasteiger partial charge in [0.25, 0.3) is 7.37 Å². The normalized spacial score (nSPS) is 22.8. The molecule has 1 heterocycles. The molecule has 0 bridgehead atoms. The van der Waals surface area contributed by atoms with E-state index in [1.165, 1.54) is 6.42 Å². The SMILES string of the molecule is CC(C)[C@@H]1CC[C@@H](C)C[C@H]1O[P@](=O)(c1ccc(N(C)C)cc1)[C@H](Nc1ccccc1)c1ccc2c(c1)OCO2. The molecule has 1 N–H and O–H groups in total. The van der Waals surface area contributed by atoms with Crippen LogP contribution in [0.15, 0.2) is 72.8 Å². The Hall–Kier alpha value is -2.95. The van der Waals surface area contributed by atoms with Crippen molar-refractivity contribution in [1.82, 2.24) is 0 Å². The third-order valence-corrected chi connectivity index (χ3v) is 10.8. The summed E-state index contributed by atoms with van der Waals surface area (Å²) in [5, 5.41) is 4.32. The van der Waals surface area contributed by atoms with Gasteiger partial charge in [0, 0.05) is 30.8 Å².